The Bertz CT molecular complexity index is 1230. The highest BCUT2D eigenvalue weighted by atomic mass is 32.2. The second-order valence-electron chi connectivity index (χ2n) is 6.67. The predicted octanol–water partition coefficient (Wildman–Crippen LogP) is 1.27. The fraction of sp³-hybridized carbons (Fsp3) is 0.278. The van der Waals surface area contributed by atoms with Gasteiger partial charge in [0.1, 0.15) is 4.90 Å². The molecule has 1 aliphatic rings. The zero-order chi connectivity index (χ0) is 19.9. The van der Waals surface area contributed by atoms with Gasteiger partial charge in [0.2, 0.25) is 20.0 Å². The molecule has 1 fully saturated rings. The van der Waals surface area contributed by atoms with Crippen LogP contribution in [0, 0.1) is 0 Å². The molecule has 0 N–H and O–H groups in total. The molecule has 28 heavy (non-hydrogen) atoms. The molecule has 0 saturated carbocycles. The van der Waals surface area contributed by atoms with Crippen molar-refractivity contribution >= 4 is 30.8 Å². The van der Waals surface area contributed by atoms with Crippen molar-refractivity contribution < 1.29 is 16.8 Å². The Morgan fingerprint density at radius 2 is 1.36 bits per heavy atom. The Hall–Kier alpha value is -2.27. The van der Waals surface area contributed by atoms with Crippen LogP contribution in [0.5, 0.6) is 0 Å². The monoisotopic (exact) mass is 420 g/mol. The Morgan fingerprint density at radius 1 is 0.786 bits per heavy atom. The molecule has 1 aromatic heterocycles. The molecule has 0 amide bonds. The highest BCUT2D eigenvalue weighted by molar-refractivity contribution is 7.89. The fourth-order valence-corrected chi connectivity index (χ4v) is 6.17. The summed E-state index contributed by atoms with van der Waals surface area (Å²) in [6, 6.07) is 12.6. The van der Waals surface area contributed by atoms with E-state index in [1.54, 1.807) is 25.2 Å². The van der Waals surface area contributed by atoms with Crippen molar-refractivity contribution in [2.24, 2.45) is 7.05 Å². The lowest BCUT2D eigenvalue weighted by Gasteiger charge is -2.33. The summed E-state index contributed by atoms with van der Waals surface area (Å²) >= 11 is 0. The van der Waals surface area contributed by atoms with E-state index in [-0.39, 0.29) is 36.0 Å². The smallest absolute Gasteiger partial charge is 0.246 e. The van der Waals surface area contributed by atoms with E-state index in [4.69, 9.17) is 0 Å². The first-order chi connectivity index (χ1) is 13.3. The largest absolute Gasteiger partial charge is 0.274 e. The molecular formula is C18H20N4O4S2. The highest BCUT2D eigenvalue weighted by Crippen LogP contribution is 2.24. The average Bonchev–Trinajstić information content (AvgIpc) is 3.15. The van der Waals surface area contributed by atoms with Gasteiger partial charge in [0.05, 0.1) is 11.1 Å². The van der Waals surface area contributed by atoms with Crippen LogP contribution in [-0.2, 0) is 27.1 Å². The summed E-state index contributed by atoms with van der Waals surface area (Å²) in [6.07, 6.45) is 2.74. The van der Waals surface area contributed by atoms with Crippen LogP contribution in [0.15, 0.2) is 64.6 Å². The average molecular weight is 421 g/mol. The maximum atomic E-state index is 13.0. The van der Waals surface area contributed by atoms with Gasteiger partial charge in [-0.25, -0.2) is 16.8 Å². The van der Waals surface area contributed by atoms with E-state index in [9.17, 15) is 16.8 Å². The zero-order valence-electron chi connectivity index (χ0n) is 15.3. The maximum Gasteiger partial charge on any atom is 0.246 e. The summed E-state index contributed by atoms with van der Waals surface area (Å²) in [5.74, 6) is 0. The number of piperazine rings is 1. The number of rotatable bonds is 4. The molecule has 0 aliphatic carbocycles. The van der Waals surface area contributed by atoms with Gasteiger partial charge in [0.25, 0.3) is 0 Å². The SMILES string of the molecule is Cn1cc(S(=O)(=O)N2CCN(S(=O)(=O)c3ccc4ccccc4c3)CC2)cn1. The Labute approximate surface area is 164 Å². The summed E-state index contributed by atoms with van der Waals surface area (Å²) < 4.78 is 55.4. The second kappa shape index (κ2) is 6.96. The summed E-state index contributed by atoms with van der Waals surface area (Å²) in [5, 5.41) is 5.72. The van der Waals surface area contributed by atoms with Gasteiger partial charge in [-0.3, -0.25) is 4.68 Å². The lowest BCUT2D eigenvalue weighted by Crippen LogP contribution is -2.50. The fourth-order valence-electron chi connectivity index (χ4n) is 3.31. The molecule has 0 bridgehead atoms. The summed E-state index contributed by atoms with van der Waals surface area (Å²) in [6.45, 7) is 0.414. The minimum atomic E-state index is -3.69. The van der Waals surface area contributed by atoms with Crippen LogP contribution in [-0.4, -0.2) is 61.4 Å². The van der Waals surface area contributed by atoms with E-state index in [2.05, 4.69) is 5.10 Å². The lowest BCUT2D eigenvalue weighted by atomic mass is 10.1. The zero-order valence-corrected chi connectivity index (χ0v) is 16.9. The van der Waals surface area contributed by atoms with Crippen LogP contribution in [0.1, 0.15) is 0 Å². The van der Waals surface area contributed by atoms with Gasteiger partial charge in [-0.05, 0) is 22.9 Å². The third-order valence-electron chi connectivity index (χ3n) is 4.88. The summed E-state index contributed by atoms with van der Waals surface area (Å²) in [5.41, 5.74) is 0. The molecule has 3 aromatic rings. The molecule has 8 nitrogen and oxygen atoms in total. The highest BCUT2D eigenvalue weighted by Gasteiger charge is 2.34. The number of benzene rings is 2. The third-order valence-corrected chi connectivity index (χ3v) is 8.62. The van der Waals surface area contributed by atoms with E-state index in [0.717, 1.165) is 10.8 Å². The van der Waals surface area contributed by atoms with Crippen molar-refractivity contribution in [3.05, 3.63) is 54.9 Å². The summed E-state index contributed by atoms with van der Waals surface area (Å²) in [7, 11) is -5.72. The second-order valence-corrected chi connectivity index (χ2v) is 10.5. The van der Waals surface area contributed by atoms with Crippen LogP contribution in [0.2, 0.25) is 0 Å². The molecule has 0 spiro atoms. The molecular weight excluding hydrogens is 400 g/mol. The van der Waals surface area contributed by atoms with E-state index in [0.29, 0.717) is 0 Å². The van der Waals surface area contributed by atoms with Crippen LogP contribution < -0.4 is 0 Å². The molecule has 1 saturated heterocycles. The molecule has 1 aliphatic heterocycles. The van der Waals surface area contributed by atoms with Crippen LogP contribution in [0.3, 0.4) is 0 Å². The molecule has 148 valence electrons. The standard InChI is InChI=1S/C18H20N4O4S2/c1-20-14-18(13-19-20)28(25,26)22-10-8-21(9-11-22)27(23,24)17-7-6-15-4-2-3-5-16(15)12-17/h2-7,12-14H,8-11H2,1H3. The minimum absolute atomic E-state index is 0.101. The maximum absolute atomic E-state index is 13.0. The van der Waals surface area contributed by atoms with Gasteiger partial charge in [-0.2, -0.15) is 13.7 Å². The van der Waals surface area contributed by atoms with E-state index >= 15 is 0 Å². The molecule has 10 heteroatoms. The van der Waals surface area contributed by atoms with Gasteiger partial charge in [-0.15, -0.1) is 0 Å². The number of hydrogen-bond donors (Lipinski definition) is 0. The first-order valence-corrected chi connectivity index (χ1v) is 11.6. The number of hydrogen-bond acceptors (Lipinski definition) is 5. The van der Waals surface area contributed by atoms with Crippen LogP contribution in [0.25, 0.3) is 10.8 Å². The van der Waals surface area contributed by atoms with Gasteiger partial charge in [-0.1, -0.05) is 30.3 Å². The number of aromatic nitrogens is 2. The normalized spacial score (nSPS) is 17.2. The van der Waals surface area contributed by atoms with Crippen LogP contribution in [0.4, 0.5) is 0 Å². The Kier molecular flexibility index (Phi) is 4.74. The van der Waals surface area contributed by atoms with Gasteiger partial charge >= 0.3 is 0 Å². The van der Waals surface area contributed by atoms with Crippen molar-refractivity contribution in [2.45, 2.75) is 9.79 Å². The Morgan fingerprint density at radius 3 is 1.93 bits per heavy atom. The van der Waals surface area contributed by atoms with Crippen LogP contribution >= 0.6 is 0 Å². The van der Waals surface area contributed by atoms with Gasteiger partial charge < -0.3 is 0 Å². The van der Waals surface area contributed by atoms with Gasteiger partial charge in [0.15, 0.2) is 0 Å². The van der Waals surface area contributed by atoms with E-state index in [1.807, 2.05) is 24.3 Å². The molecule has 0 unspecified atom stereocenters. The Balaban J connectivity index is 1.53. The van der Waals surface area contributed by atoms with Crippen molar-refractivity contribution in [3.63, 3.8) is 0 Å². The number of fused-ring (bicyclic) bond motifs is 1. The first-order valence-electron chi connectivity index (χ1n) is 8.76. The molecule has 2 aromatic carbocycles. The molecule has 2 heterocycles. The molecule has 4 rings (SSSR count). The van der Waals surface area contributed by atoms with Crippen molar-refractivity contribution in [2.75, 3.05) is 26.2 Å². The van der Waals surface area contributed by atoms with Crippen molar-refractivity contribution in [1.29, 1.82) is 0 Å². The van der Waals surface area contributed by atoms with E-state index in [1.165, 1.54) is 25.7 Å². The minimum Gasteiger partial charge on any atom is -0.274 e. The summed E-state index contributed by atoms with van der Waals surface area (Å²) in [4.78, 5) is 0.329. The first kappa shape index (κ1) is 19.1. The number of aryl methyl sites for hydroxylation is 1. The lowest BCUT2D eigenvalue weighted by molar-refractivity contribution is 0.273. The topological polar surface area (TPSA) is 92.6 Å². The number of sulfonamides is 2. The van der Waals surface area contributed by atoms with E-state index < -0.39 is 20.0 Å². The predicted molar refractivity (Wildman–Crippen MR) is 105 cm³/mol. The van der Waals surface area contributed by atoms with Gasteiger partial charge in [0, 0.05) is 39.4 Å². The number of nitrogens with zero attached hydrogens (tertiary/aromatic N) is 4. The van der Waals surface area contributed by atoms with Crippen molar-refractivity contribution in [1.82, 2.24) is 18.4 Å². The van der Waals surface area contributed by atoms with Crippen molar-refractivity contribution in [3.8, 4) is 0 Å². The molecule has 0 atom stereocenters. The quantitative estimate of drug-likeness (QED) is 0.634. The third kappa shape index (κ3) is 3.32. The molecule has 0 radical (unpaired) electrons.